The Morgan fingerprint density at radius 1 is 1.33 bits per heavy atom. The Hall–Kier alpha value is -1.33. The maximum absolute atomic E-state index is 12.4. The molecule has 1 rings (SSSR count). The lowest BCUT2D eigenvalue weighted by Gasteiger charge is -2.05. The van der Waals surface area contributed by atoms with Crippen LogP contribution in [0.1, 0.15) is 5.69 Å². The number of rotatable bonds is 0. The molecule has 0 aliphatic carbocycles. The Bertz CT molecular complexity index is 296. The molecule has 0 amide bonds. The molecule has 0 aliphatic heterocycles. The second-order valence-electron chi connectivity index (χ2n) is 2.02. The lowest BCUT2D eigenvalue weighted by atomic mass is 10.3. The van der Waals surface area contributed by atoms with E-state index >= 15 is 0 Å². The zero-order valence-electron chi connectivity index (χ0n) is 5.56. The lowest BCUT2D eigenvalue weighted by Crippen LogP contribution is -2.10. The highest BCUT2D eigenvalue weighted by molar-refractivity contribution is 5.21. The maximum atomic E-state index is 12.4. The molecule has 12 heavy (non-hydrogen) atoms. The van der Waals surface area contributed by atoms with E-state index in [1.807, 2.05) is 0 Å². The van der Waals surface area contributed by atoms with Crippen molar-refractivity contribution in [2.24, 2.45) is 0 Å². The monoisotopic (exact) mass is 181 g/mol. The summed E-state index contributed by atoms with van der Waals surface area (Å²) in [6.07, 6.45) is -4.29. The van der Waals surface area contributed by atoms with Crippen LogP contribution in [0.3, 0.4) is 0 Å². The molecule has 66 valence electrons. The van der Waals surface area contributed by atoms with Gasteiger partial charge in [-0.25, -0.2) is 9.37 Å². The number of aromatic nitrogens is 1. The predicted molar refractivity (Wildman–Crippen MR) is 30.9 cm³/mol. The first-order valence-corrected chi connectivity index (χ1v) is 2.83. The van der Waals surface area contributed by atoms with Crippen molar-refractivity contribution in [2.75, 3.05) is 0 Å². The molecule has 1 aromatic rings. The van der Waals surface area contributed by atoms with Gasteiger partial charge in [0.1, 0.15) is 5.75 Å². The molecule has 0 fully saturated rings. The van der Waals surface area contributed by atoms with Gasteiger partial charge in [-0.1, -0.05) is 0 Å². The number of hydrogen-bond acceptors (Lipinski definition) is 2. The molecule has 0 saturated heterocycles. The molecule has 0 radical (unpaired) electrons. The van der Waals surface area contributed by atoms with Crippen LogP contribution >= 0.6 is 0 Å². The zero-order valence-corrected chi connectivity index (χ0v) is 5.56. The predicted octanol–water partition coefficient (Wildman–Crippen LogP) is 1.95. The Kier molecular flexibility index (Phi) is 1.91. The third-order valence-corrected chi connectivity index (χ3v) is 1.10. The van der Waals surface area contributed by atoms with Gasteiger partial charge in [0, 0.05) is 6.07 Å². The summed E-state index contributed by atoms with van der Waals surface area (Å²) in [4.78, 5) is 2.70. The normalized spacial score (nSPS) is 11.7. The molecule has 6 heteroatoms. The molecule has 1 heterocycles. The van der Waals surface area contributed by atoms with Crippen LogP contribution in [-0.2, 0) is 6.18 Å². The molecule has 0 unspecified atom stereocenters. The quantitative estimate of drug-likeness (QED) is 0.620. The molecule has 1 N–H and O–H groups in total. The minimum absolute atomic E-state index is 0.357. The van der Waals surface area contributed by atoms with Crippen LogP contribution in [0.4, 0.5) is 17.6 Å². The van der Waals surface area contributed by atoms with Gasteiger partial charge in [-0.3, -0.25) is 0 Å². The number of nitrogens with zero attached hydrogens (tertiary/aromatic N) is 1. The summed E-state index contributed by atoms with van der Waals surface area (Å²) in [5.74, 6) is -2.22. The van der Waals surface area contributed by atoms with Gasteiger partial charge in [0.05, 0.1) is 6.20 Å². The second-order valence-corrected chi connectivity index (χ2v) is 2.02. The van der Waals surface area contributed by atoms with Crippen LogP contribution in [0.25, 0.3) is 0 Å². The number of aromatic hydroxyl groups is 1. The minimum Gasteiger partial charge on any atom is -0.506 e. The first-order valence-electron chi connectivity index (χ1n) is 2.83. The molecular weight excluding hydrogens is 178 g/mol. The highest BCUT2D eigenvalue weighted by atomic mass is 19.4. The molecule has 0 atom stereocenters. The first-order chi connectivity index (χ1) is 5.41. The van der Waals surface area contributed by atoms with Gasteiger partial charge < -0.3 is 5.11 Å². The smallest absolute Gasteiger partial charge is 0.436 e. The molecule has 0 bridgehead atoms. The standard InChI is InChI=1S/C6H3F4NO/c7-4-1-3(12)2-11-5(4)6(8,9)10/h1-2,12H. The third kappa shape index (κ3) is 1.63. The van der Waals surface area contributed by atoms with Gasteiger partial charge in [0.25, 0.3) is 0 Å². The summed E-state index contributed by atoms with van der Waals surface area (Å²) < 4.78 is 47.8. The van der Waals surface area contributed by atoms with Gasteiger partial charge in [0.15, 0.2) is 11.5 Å². The van der Waals surface area contributed by atoms with Crippen molar-refractivity contribution in [3.8, 4) is 5.75 Å². The van der Waals surface area contributed by atoms with Crippen LogP contribution in [0.15, 0.2) is 12.3 Å². The average Bonchev–Trinajstić information content (AvgIpc) is 1.83. The van der Waals surface area contributed by atoms with Crippen LogP contribution in [0.5, 0.6) is 5.75 Å². The Morgan fingerprint density at radius 3 is 2.33 bits per heavy atom. The Morgan fingerprint density at radius 2 is 1.92 bits per heavy atom. The van der Waals surface area contributed by atoms with Crippen molar-refractivity contribution >= 4 is 0 Å². The zero-order chi connectivity index (χ0) is 9.35. The van der Waals surface area contributed by atoms with Crippen LogP contribution < -0.4 is 0 Å². The number of halogens is 4. The molecule has 0 spiro atoms. The van der Waals surface area contributed by atoms with Crippen LogP contribution in [0.2, 0.25) is 0 Å². The van der Waals surface area contributed by atoms with E-state index in [9.17, 15) is 17.6 Å². The van der Waals surface area contributed by atoms with E-state index in [0.717, 1.165) is 0 Å². The lowest BCUT2D eigenvalue weighted by molar-refractivity contribution is -0.143. The van der Waals surface area contributed by atoms with E-state index in [-0.39, 0.29) is 0 Å². The van der Waals surface area contributed by atoms with Crippen LogP contribution in [-0.4, -0.2) is 10.1 Å². The minimum atomic E-state index is -4.82. The van der Waals surface area contributed by atoms with E-state index in [4.69, 9.17) is 5.11 Å². The van der Waals surface area contributed by atoms with E-state index in [0.29, 0.717) is 12.3 Å². The maximum Gasteiger partial charge on any atom is 0.436 e. The fourth-order valence-corrected chi connectivity index (χ4v) is 0.636. The number of alkyl halides is 3. The molecule has 2 nitrogen and oxygen atoms in total. The number of pyridine rings is 1. The van der Waals surface area contributed by atoms with Gasteiger partial charge >= 0.3 is 6.18 Å². The van der Waals surface area contributed by atoms with Crippen LogP contribution in [0, 0.1) is 5.82 Å². The van der Waals surface area contributed by atoms with Crippen molar-refractivity contribution < 1.29 is 22.7 Å². The average molecular weight is 181 g/mol. The molecule has 0 aromatic carbocycles. The molecule has 1 aromatic heterocycles. The summed E-state index contributed by atoms with van der Waals surface area (Å²) in [6, 6.07) is 0.357. The van der Waals surface area contributed by atoms with Crippen molar-refractivity contribution in [3.05, 3.63) is 23.8 Å². The van der Waals surface area contributed by atoms with Crippen molar-refractivity contribution in [1.29, 1.82) is 0 Å². The second kappa shape index (κ2) is 2.62. The van der Waals surface area contributed by atoms with Gasteiger partial charge in [-0.05, 0) is 0 Å². The fraction of sp³-hybridized carbons (Fsp3) is 0.167. The third-order valence-electron chi connectivity index (χ3n) is 1.10. The van der Waals surface area contributed by atoms with Crippen molar-refractivity contribution in [2.45, 2.75) is 6.18 Å². The Balaban J connectivity index is 3.19. The SMILES string of the molecule is Oc1cnc(C(F)(F)F)c(F)c1. The van der Waals surface area contributed by atoms with Crippen molar-refractivity contribution in [1.82, 2.24) is 4.98 Å². The largest absolute Gasteiger partial charge is 0.506 e. The van der Waals surface area contributed by atoms with E-state index in [1.165, 1.54) is 0 Å². The van der Waals surface area contributed by atoms with Gasteiger partial charge in [-0.2, -0.15) is 13.2 Å². The first kappa shape index (κ1) is 8.76. The van der Waals surface area contributed by atoms with Gasteiger partial charge in [-0.15, -0.1) is 0 Å². The molecule has 0 aliphatic rings. The fourth-order valence-electron chi connectivity index (χ4n) is 0.636. The summed E-state index contributed by atoms with van der Waals surface area (Å²) in [5.41, 5.74) is -1.62. The highest BCUT2D eigenvalue weighted by Crippen LogP contribution is 2.30. The summed E-state index contributed by atoms with van der Waals surface area (Å²) in [5, 5.41) is 8.53. The van der Waals surface area contributed by atoms with E-state index in [2.05, 4.69) is 4.98 Å². The summed E-state index contributed by atoms with van der Waals surface area (Å²) in [7, 11) is 0. The Labute approximate surface area is 64.5 Å². The summed E-state index contributed by atoms with van der Waals surface area (Å²) >= 11 is 0. The molecular formula is C6H3F4NO. The van der Waals surface area contributed by atoms with E-state index in [1.54, 1.807) is 0 Å². The molecule has 0 saturated carbocycles. The highest BCUT2D eigenvalue weighted by Gasteiger charge is 2.36. The topological polar surface area (TPSA) is 33.1 Å². The van der Waals surface area contributed by atoms with Crippen molar-refractivity contribution in [3.63, 3.8) is 0 Å². The van der Waals surface area contributed by atoms with Gasteiger partial charge in [0.2, 0.25) is 0 Å². The number of hydrogen-bond donors (Lipinski definition) is 1. The van der Waals surface area contributed by atoms with E-state index < -0.39 is 23.4 Å². The summed E-state index contributed by atoms with van der Waals surface area (Å²) in [6.45, 7) is 0.